The fourth-order valence-corrected chi connectivity index (χ4v) is 3.26. The predicted octanol–water partition coefficient (Wildman–Crippen LogP) is 4.49. The lowest BCUT2D eigenvalue weighted by Crippen LogP contribution is -2.16. The molecule has 7 heteroatoms. The maximum Gasteiger partial charge on any atom is 0.258 e. The molecule has 2 heterocycles. The number of rotatable bonds is 6. The van der Waals surface area contributed by atoms with Gasteiger partial charge in [-0.15, -0.1) is 0 Å². The molecule has 1 N–H and O–H groups in total. The van der Waals surface area contributed by atoms with Gasteiger partial charge in [-0.1, -0.05) is 23.4 Å². The van der Waals surface area contributed by atoms with Crippen molar-refractivity contribution in [3.8, 4) is 5.75 Å². The molecule has 2 aromatic heterocycles. The topological polar surface area (TPSA) is 82.2 Å². The van der Waals surface area contributed by atoms with Crippen LogP contribution in [-0.2, 0) is 13.2 Å². The van der Waals surface area contributed by atoms with Gasteiger partial charge in [-0.3, -0.25) is 10.1 Å². The zero-order chi connectivity index (χ0) is 20.4. The number of fused-ring (bicyclic) bond motifs is 1. The molecule has 148 valence electrons. The summed E-state index contributed by atoms with van der Waals surface area (Å²) in [5, 5.41) is 6.84. The minimum absolute atomic E-state index is 0.238. The highest BCUT2D eigenvalue weighted by Crippen LogP contribution is 2.22. The van der Waals surface area contributed by atoms with Crippen LogP contribution in [0.4, 0.5) is 5.95 Å². The Balaban J connectivity index is 1.52. The average molecular weight is 390 g/mol. The van der Waals surface area contributed by atoms with Crippen LogP contribution in [0.25, 0.3) is 11.0 Å². The van der Waals surface area contributed by atoms with Crippen molar-refractivity contribution in [1.82, 2.24) is 14.7 Å². The Morgan fingerprint density at radius 3 is 2.76 bits per heavy atom. The van der Waals surface area contributed by atoms with E-state index in [1.165, 1.54) is 0 Å². The molecule has 4 aromatic rings. The summed E-state index contributed by atoms with van der Waals surface area (Å²) in [5.41, 5.74) is 4.05. The van der Waals surface area contributed by atoms with Gasteiger partial charge >= 0.3 is 0 Å². The van der Waals surface area contributed by atoms with Crippen molar-refractivity contribution >= 4 is 22.9 Å². The first kappa shape index (κ1) is 18.7. The fraction of sp³-hybridized carbons (Fsp3) is 0.227. The number of imidazole rings is 1. The van der Waals surface area contributed by atoms with Gasteiger partial charge in [0.05, 0.1) is 22.3 Å². The van der Waals surface area contributed by atoms with Crippen LogP contribution in [0, 0.1) is 13.8 Å². The minimum Gasteiger partial charge on any atom is -0.489 e. The van der Waals surface area contributed by atoms with E-state index in [-0.39, 0.29) is 5.91 Å². The summed E-state index contributed by atoms with van der Waals surface area (Å²) in [6.45, 7) is 6.78. The van der Waals surface area contributed by atoms with Crippen LogP contribution in [0.3, 0.4) is 0 Å². The first-order valence-corrected chi connectivity index (χ1v) is 9.48. The first-order chi connectivity index (χ1) is 14.1. The van der Waals surface area contributed by atoms with Gasteiger partial charge in [-0.25, -0.2) is 4.98 Å². The molecule has 0 aliphatic heterocycles. The zero-order valence-electron chi connectivity index (χ0n) is 16.6. The number of para-hydroxylation sites is 2. The molecule has 0 unspecified atom stereocenters. The molecule has 0 radical (unpaired) electrons. The van der Waals surface area contributed by atoms with Gasteiger partial charge in [0.1, 0.15) is 18.1 Å². The summed E-state index contributed by atoms with van der Waals surface area (Å²) in [4.78, 5) is 17.4. The molecular weight excluding hydrogens is 368 g/mol. The third-order valence-electron chi connectivity index (χ3n) is 4.86. The van der Waals surface area contributed by atoms with E-state index in [0.717, 1.165) is 28.1 Å². The van der Waals surface area contributed by atoms with Gasteiger partial charge in [0, 0.05) is 12.1 Å². The molecule has 4 rings (SSSR count). The van der Waals surface area contributed by atoms with Crippen LogP contribution in [-0.4, -0.2) is 20.6 Å². The molecule has 7 nitrogen and oxygen atoms in total. The summed E-state index contributed by atoms with van der Waals surface area (Å²) in [7, 11) is 0. The second kappa shape index (κ2) is 7.79. The van der Waals surface area contributed by atoms with Crippen molar-refractivity contribution in [2.45, 2.75) is 33.9 Å². The minimum atomic E-state index is -0.238. The molecule has 0 aliphatic carbocycles. The molecule has 0 saturated carbocycles. The van der Waals surface area contributed by atoms with E-state index >= 15 is 0 Å². The number of carbonyl (C=O) groups excluding carboxylic acids is 1. The quantitative estimate of drug-likeness (QED) is 0.524. The zero-order valence-corrected chi connectivity index (χ0v) is 16.6. The van der Waals surface area contributed by atoms with Crippen molar-refractivity contribution in [3.63, 3.8) is 0 Å². The summed E-state index contributed by atoms with van der Waals surface area (Å²) < 4.78 is 13.0. The lowest BCUT2D eigenvalue weighted by Gasteiger charge is -2.10. The lowest BCUT2D eigenvalue weighted by molar-refractivity contribution is 0.102. The van der Waals surface area contributed by atoms with Gasteiger partial charge in [0.25, 0.3) is 5.91 Å². The summed E-state index contributed by atoms with van der Waals surface area (Å²) in [6.07, 6.45) is 0. The predicted molar refractivity (Wildman–Crippen MR) is 110 cm³/mol. The third kappa shape index (κ3) is 3.71. The van der Waals surface area contributed by atoms with Gasteiger partial charge in [0.15, 0.2) is 0 Å². The van der Waals surface area contributed by atoms with Crippen LogP contribution >= 0.6 is 0 Å². The van der Waals surface area contributed by atoms with Crippen molar-refractivity contribution in [3.05, 3.63) is 71.1 Å². The molecule has 0 fully saturated rings. The molecular formula is C22H22N4O3. The number of hydrogen-bond acceptors (Lipinski definition) is 5. The highest BCUT2D eigenvalue weighted by Gasteiger charge is 2.15. The Labute approximate surface area is 168 Å². The Morgan fingerprint density at radius 1 is 1.17 bits per heavy atom. The molecule has 29 heavy (non-hydrogen) atoms. The number of anilines is 1. The summed E-state index contributed by atoms with van der Waals surface area (Å²) in [6, 6.07) is 14.9. The highest BCUT2D eigenvalue weighted by molar-refractivity contribution is 6.04. The van der Waals surface area contributed by atoms with Crippen molar-refractivity contribution in [1.29, 1.82) is 0 Å². The fourth-order valence-electron chi connectivity index (χ4n) is 3.26. The standard InChI is InChI=1S/C22H22N4O3/c1-4-26-20-11-6-5-10-19(20)23-22(26)24-21(27)16-8-7-9-17(12-16)28-13-18-14(2)25-29-15(18)3/h5-12H,4,13H2,1-3H3,(H,23,24,27). The van der Waals surface area contributed by atoms with Crippen LogP contribution in [0.5, 0.6) is 5.75 Å². The molecule has 2 aromatic carbocycles. The number of benzene rings is 2. The van der Waals surface area contributed by atoms with E-state index < -0.39 is 0 Å². The number of nitrogens with one attached hydrogen (secondary N) is 1. The van der Waals surface area contributed by atoms with Gasteiger partial charge in [-0.2, -0.15) is 0 Å². The van der Waals surface area contributed by atoms with Crippen molar-refractivity contribution in [2.75, 3.05) is 5.32 Å². The number of carbonyl (C=O) groups is 1. The van der Waals surface area contributed by atoms with E-state index in [0.29, 0.717) is 30.4 Å². The largest absolute Gasteiger partial charge is 0.489 e. The van der Waals surface area contributed by atoms with Crippen LogP contribution < -0.4 is 10.1 Å². The second-order valence-corrected chi connectivity index (χ2v) is 6.74. The molecule has 0 saturated heterocycles. The van der Waals surface area contributed by atoms with Crippen LogP contribution in [0.1, 0.15) is 34.3 Å². The van der Waals surface area contributed by atoms with Crippen molar-refractivity contribution in [2.24, 2.45) is 0 Å². The maximum atomic E-state index is 12.8. The van der Waals surface area contributed by atoms with Gasteiger partial charge in [0.2, 0.25) is 5.95 Å². The highest BCUT2D eigenvalue weighted by atomic mass is 16.5. The van der Waals surface area contributed by atoms with E-state index in [4.69, 9.17) is 9.26 Å². The maximum absolute atomic E-state index is 12.8. The van der Waals surface area contributed by atoms with Crippen LogP contribution in [0.2, 0.25) is 0 Å². The number of ether oxygens (including phenoxy) is 1. The molecule has 0 aliphatic rings. The van der Waals surface area contributed by atoms with E-state index in [1.807, 2.05) is 55.7 Å². The smallest absolute Gasteiger partial charge is 0.258 e. The monoisotopic (exact) mass is 390 g/mol. The Hall–Kier alpha value is -3.61. The number of nitrogens with zero attached hydrogens (tertiary/aromatic N) is 3. The Kier molecular flexibility index (Phi) is 5.03. The third-order valence-corrected chi connectivity index (χ3v) is 4.86. The SMILES string of the molecule is CCn1c(NC(=O)c2cccc(OCc3c(C)noc3C)c2)nc2ccccc21. The van der Waals surface area contributed by atoms with Gasteiger partial charge in [-0.05, 0) is 51.1 Å². The Bertz CT molecular complexity index is 1160. The number of aryl methyl sites for hydroxylation is 3. The molecule has 1 amide bonds. The molecule has 0 spiro atoms. The molecule has 0 bridgehead atoms. The number of hydrogen-bond donors (Lipinski definition) is 1. The molecule has 0 atom stereocenters. The second-order valence-electron chi connectivity index (χ2n) is 6.74. The van der Waals surface area contributed by atoms with E-state index in [2.05, 4.69) is 15.5 Å². The summed E-state index contributed by atoms with van der Waals surface area (Å²) >= 11 is 0. The first-order valence-electron chi connectivity index (χ1n) is 9.48. The number of aromatic nitrogens is 3. The van der Waals surface area contributed by atoms with E-state index in [1.54, 1.807) is 18.2 Å². The Morgan fingerprint density at radius 2 is 2.00 bits per heavy atom. The average Bonchev–Trinajstić information content (AvgIpc) is 3.25. The normalized spacial score (nSPS) is 11.0. The van der Waals surface area contributed by atoms with Crippen LogP contribution in [0.15, 0.2) is 53.1 Å². The number of amides is 1. The lowest BCUT2D eigenvalue weighted by atomic mass is 10.2. The van der Waals surface area contributed by atoms with Gasteiger partial charge < -0.3 is 13.8 Å². The van der Waals surface area contributed by atoms with Crippen molar-refractivity contribution < 1.29 is 14.1 Å². The summed E-state index contributed by atoms with van der Waals surface area (Å²) in [5.74, 6) is 1.62. The van der Waals surface area contributed by atoms with E-state index in [9.17, 15) is 4.79 Å².